The lowest BCUT2D eigenvalue weighted by atomic mass is 9.96. The first kappa shape index (κ1) is 18.0. The Balaban J connectivity index is 2.20. The summed E-state index contributed by atoms with van der Waals surface area (Å²) in [5.74, 6) is 0.879. The molecule has 0 fully saturated rings. The number of carbonyl (C=O) groups excluding carboxylic acids is 1. The fourth-order valence-corrected chi connectivity index (χ4v) is 2.36. The summed E-state index contributed by atoms with van der Waals surface area (Å²) in [6.45, 7) is 4.73. The number of benzene rings is 1. The summed E-state index contributed by atoms with van der Waals surface area (Å²) in [6.07, 6.45) is 1.64. The molecule has 118 valence electrons. The summed E-state index contributed by atoms with van der Waals surface area (Å²) in [5, 5.41) is 12.7. The van der Waals surface area contributed by atoms with E-state index in [0.717, 1.165) is 23.1 Å². The number of nitrogens with one attached hydrogen (secondary N) is 1. The minimum atomic E-state index is -0.476. The molecule has 1 rings (SSSR count). The molecule has 0 bridgehead atoms. The number of rotatable bonds is 9. The summed E-state index contributed by atoms with van der Waals surface area (Å²) in [4.78, 5) is 11.7. The van der Waals surface area contributed by atoms with Gasteiger partial charge < -0.3 is 15.2 Å². The molecule has 0 aliphatic carbocycles. The minimum Gasteiger partial charge on any atom is -0.493 e. The summed E-state index contributed by atoms with van der Waals surface area (Å²) in [7, 11) is 0. The number of hydrogen-bond donors (Lipinski definition) is 2. The van der Waals surface area contributed by atoms with Crippen molar-refractivity contribution in [2.24, 2.45) is 5.92 Å². The van der Waals surface area contributed by atoms with Gasteiger partial charge in [0.1, 0.15) is 5.75 Å². The van der Waals surface area contributed by atoms with Crippen molar-refractivity contribution in [2.75, 3.05) is 13.2 Å². The molecule has 2 N–H and O–H groups in total. The molecule has 1 amide bonds. The quantitative estimate of drug-likeness (QED) is 0.713. The Hall–Kier alpha value is -1.07. The maximum Gasteiger partial charge on any atom is 0.223 e. The molecule has 0 heterocycles. The molecule has 0 aliphatic heterocycles. The molecular weight excluding hydrogens is 334 g/mol. The van der Waals surface area contributed by atoms with Crippen LogP contribution in [0.5, 0.6) is 5.75 Å². The number of amides is 1. The van der Waals surface area contributed by atoms with Gasteiger partial charge in [0, 0.05) is 11.0 Å². The SMILES string of the molecule is CCC(CC)C(O)CNC(=O)CCOc1ccc(Br)cc1. The predicted octanol–water partition coefficient (Wildman–Crippen LogP) is 3.13. The second-order valence-corrected chi connectivity index (χ2v) is 5.92. The standard InChI is InChI=1S/C16H24BrNO3/c1-3-12(4-2)15(19)11-18-16(20)9-10-21-14-7-5-13(17)6-8-14/h5-8,12,15,19H,3-4,9-11H2,1-2H3,(H,18,20). The molecule has 1 aromatic carbocycles. The number of halogens is 1. The van der Waals surface area contributed by atoms with E-state index < -0.39 is 6.10 Å². The summed E-state index contributed by atoms with van der Waals surface area (Å²) in [6, 6.07) is 7.47. The van der Waals surface area contributed by atoms with E-state index >= 15 is 0 Å². The highest BCUT2D eigenvalue weighted by Crippen LogP contribution is 2.16. The molecule has 0 aromatic heterocycles. The maximum atomic E-state index is 11.7. The van der Waals surface area contributed by atoms with Gasteiger partial charge in [-0.2, -0.15) is 0 Å². The van der Waals surface area contributed by atoms with Crippen LogP contribution in [0.3, 0.4) is 0 Å². The first-order valence-corrected chi connectivity index (χ1v) is 8.19. The smallest absolute Gasteiger partial charge is 0.223 e. The van der Waals surface area contributed by atoms with Gasteiger partial charge in [0.2, 0.25) is 5.91 Å². The van der Waals surface area contributed by atoms with Crippen molar-refractivity contribution in [3.63, 3.8) is 0 Å². The van der Waals surface area contributed by atoms with Crippen molar-refractivity contribution in [2.45, 2.75) is 39.2 Å². The van der Waals surface area contributed by atoms with Crippen LogP contribution in [0.4, 0.5) is 0 Å². The average Bonchev–Trinajstić information content (AvgIpc) is 2.48. The lowest BCUT2D eigenvalue weighted by Crippen LogP contribution is -2.36. The normalized spacial score (nSPS) is 12.2. The molecule has 0 saturated heterocycles. The Labute approximate surface area is 135 Å². The van der Waals surface area contributed by atoms with Crippen LogP contribution in [0.1, 0.15) is 33.1 Å². The fraction of sp³-hybridized carbons (Fsp3) is 0.562. The van der Waals surface area contributed by atoms with Crippen molar-refractivity contribution < 1.29 is 14.6 Å². The van der Waals surface area contributed by atoms with Gasteiger partial charge in [-0.15, -0.1) is 0 Å². The van der Waals surface area contributed by atoms with Crippen molar-refractivity contribution in [1.29, 1.82) is 0 Å². The van der Waals surface area contributed by atoms with Crippen LogP contribution in [-0.2, 0) is 4.79 Å². The number of aliphatic hydroxyl groups is 1. The topological polar surface area (TPSA) is 58.6 Å². The molecule has 0 radical (unpaired) electrons. The van der Waals surface area contributed by atoms with Crippen LogP contribution < -0.4 is 10.1 Å². The molecule has 0 saturated carbocycles. The van der Waals surface area contributed by atoms with Crippen LogP contribution in [0.25, 0.3) is 0 Å². The van der Waals surface area contributed by atoms with E-state index in [4.69, 9.17) is 4.74 Å². The average molecular weight is 358 g/mol. The highest BCUT2D eigenvalue weighted by molar-refractivity contribution is 9.10. The second-order valence-electron chi connectivity index (χ2n) is 5.00. The van der Waals surface area contributed by atoms with Crippen LogP contribution >= 0.6 is 15.9 Å². The van der Waals surface area contributed by atoms with E-state index in [1.54, 1.807) is 0 Å². The van der Waals surface area contributed by atoms with Crippen LogP contribution in [0.15, 0.2) is 28.7 Å². The van der Waals surface area contributed by atoms with E-state index in [0.29, 0.717) is 13.2 Å². The minimum absolute atomic E-state index is 0.0999. The van der Waals surface area contributed by atoms with Crippen LogP contribution in [-0.4, -0.2) is 30.3 Å². The zero-order valence-corrected chi connectivity index (χ0v) is 14.2. The largest absolute Gasteiger partial charge is 0.493 e. The van der Waals surface area contributed by atoms with Gasteiger partial charge in [0.15, 0.2) is 0 Å². The Morgan fingerprint density at radius 3 is 2.48 bits per heavy atom. The third-order valence-electron chi connectivity index (χ3n) is 3.51. The third kappa shape index (κ3) is 6.96. The van der Waals surface area contributed by atoms with Gasteiger partial charge in [0.25, 0.3) is 0 Å². The van der Waals surface area contributed by atoms with Crippen molar-refractivity contribution >= 4 is 21.8 Å². The lowest BCUT2D eigenvalue weighted by Gasteiger charge is -2.20. The first-order chi connectivity index (χ1) is 10.1. The molecular formula is C16H24BrNO3. The second kappa shape index (κ2) is 9.79. The fourth-order valence-electron chi connectivity index (χ4n) is 2.10. The zero-order chi connectivity index (χ0) is 15.7. The van der Waals surface area contributed by atoms with Crippen molar-refractivity contribution in [3.05, 3.63) is 28.7 Å². The first-order valence-electron chi connectivity index (χ1n) is 7.39. The summed E-state index contributed by atoms with van der Waals surface area (Å²) < 4.78 is 6.47. The molecule has 0 spiro atoms. The van der Waals surface area contributed by atoms with Crippen molar-refractivity contribution in [1.82, 2.24) is 5.32 Å². The molecule has 1 unspecified atom stereocenters. The maximum absolute atomic E-state index is 11.7. The van der Waals surface area contributed by atoms with Gasteiger partial charge in [-0.1, -0.05) is 42.6 Å². The van der Waals surface area contributed by atoms with E-state index in [1.807, 2.05) is 38.1 Å². The zero-order valence-electron chi connectivity index (χ0n) is 12.6. The van der Waals surface area contributed by atoms with Crippen LogP contribution in [0, 0.1) is 5.92 Å². The van der Waals surface area contributed by atoms with Crippen LogP contribution in [0.2, 0.25) is 0 Å². The Morgan fingerprint density at radius 1 is 1.29 bits per heavy atom. The highest BCUT2D eigenvalue weighted by Gasteiger charge is 2.16. The summed E-state index contributed by atoms with van der Waals surface area (Å²) >= 11 is 3.35. The number of ether oxygens (including phenoxy) is 1. The van der Waals surface area contributed by atoms with E-state index in [-0.39, 0.29) is 18.2 Å². The summed E-state index contributed by atoms with van der Waals surface area (Å²) in [5.41, 5.74) is 0. The van der Waals surface area contributed by atoms with Crippen molar-refractivity contribution in [3.8, 4) is 5.75 Å². The third-order valence-corrected chi connectivity index (χ3v) is 4.04. The Bertz CT molecular complexity index is 418. The van der Waals surface area contributed by atoms with E-state index in [1.165, 1.54) is 0 Å². The number of hydrogen-bond acceptors (Lipinski definition) is 3. The molecule has 21 heavy (non-hydrogen) atoms. The molecule has 1 aromatic rings. The highest BCUT2D eigenvalue weighted by atomic mass is 79.9. The van der Waals surface area contributed by atoms with Gasteiger partial charge in [-0.05, 0) is 30.2 Å². The lowest BCUT2D eigenvalue weighted by molar-refractivity contribution is -0.122. The monoisotopic (exact) mass is 357 g/mol. The number of aliphatic hydroxyl groups excluding tert-OH is 1. The Morgan fingerprint density at radius 2 is 1.90 bits per heavy atom. The molecule has 1 atom stereocenters. The van der Waals surface area contributed by atoms with Gasteiger partial charge in [-0.25, -0.2) is 0 Å². The van der Waals surface area contributed by atoms with Gasteiger partial charge in [-0.3, -0.25) is 4.79 Å². The van der Waals surface area contributed by atoms with Gasteiger partial charge >= 0.3 is 0 Å². The molecule has 5 heteroatoms. The molecule has 0 aliphatic rings. The predicted molar refractivity (Wildman–Crippen MR) is 87.3 cm³/mol. The van der Waals surface area contributed by atoms with E-state index in [2.05, 4.69) is 21.2 Å². The Kier molecular flexibility index (Phi) is 8.38. The number of carbonyl (C=O) groups is 1. The van der Waals surface area contributed by atoms with E-state index in [9.17, 15) is 9.90 Å². The molecule has 4 nitrogen and oxygen atoms in total. The van der Waals surface area contributed by atoms with Gasteiger partial charge in [0.05, 0.1) is 19.1 Å².